The molecule has 2 rings (SSSR count). The van der Waals surface area contributed by atoms with E-state index in [-0.39, 0.29) is 11.5 Å². The number of nitrogens with zero attached hydrogens (tertiary/aromatic N) is 1. The van der Waals surface area contributed by atoms with Crippen LogP contribution in [0.1, 0.15) is 57.8 Å². The van der Waals surface area contributed by atoms with Crippen LogP contribution in [-0.4, -0.2) is 29.6 Å². The fourth-order valence-corrected chi connectivity index (χ4v) is 2.97. The third-order valence-corrected chi connectivity index (χ3v) is 4.54. The maximum atomic E-state index is 10.4. The van der Waals surface area contributed by atoms with Crippen molar-refractivity contribution in [2.45, 2.75) is 52.1 Å². The Kier molecular flexibility index (Phi) is 4.87. The highest BCUT2D eigenvalue weighted by Gasteiger charge is 2.23. The van der Waals surface area contributed by atoms with Crippen molar-refractivity contribution in [3.8, 4) is 0 Å². The molecular weight excluding hydrogens is 246 g/mol. The minimum absolute atomic E-state index is 0.173. The van der Waals surface area contributed by atoms with Gasteiger partial charge in [-0.25, -0.2) is 0 Å². The predicted molar refractivity (Wildman–Crippen MR) is 84.9 cm³/mol. The topological polar surface area (TPSA) is 23.5 Å². The first-order valence-corrected chi connectivity index (χ1v) is 7.91. The van der Waals surface area contributed by atoms with Crippen LogP contribution in [0.3, 0.4) is 0 Å². The predicted octanol–water partition coefficient (Wildman–Crippen LogP) is 3.75. The zero-order valence-corrected chi connectivity index (χ0v) is 13.4. The summed E-state index contributed by atoms with van der Waals surface area (Å²) in [5, 5.41) is 10.4. The molecule has 0 aliphatic carbocycles. The maximum Gasteiger partial charge on any atom is 0.0916 e. The van der Waals surface area contributed by atoms with Gasteiger partial charge in [-0.15, -0.1) is 0 Å². The van der Waals surface area contributed by atoms with Gasteiger partial charge in [-0.1, -0.05) is 58.4 Å². The van der Waals surface area contributed by atoms with Crippen molar-refractivity contribution < 1.29 is 5.11 Å². The SMILES string of the molecule is CCC1CCN(CC(O)c2ccc(C(C)(C)C)cc2)C1. The van der Waals surface area contributed by atoms with Gasteiger partial charge in [0, 0.05) is 13.1 Å². The Morgan fingerprint density at radius 1 is 1.25 bits per heavy atom. The summed E-state index contributed by atoms with van der Waals surface area (Å²) in [5.74, 6) is 0.825. The number of benzene rings is 1. The van der Waals surface area contributed by atoms with Crippen molar-refractivity contribution in [3.63, 3.8) is 0 Å². The van der Waals surface area contributed by atoms with E-state index in [2.05, 4.69) is 56.9 Å². The molecule has 2 heteroatoms. The molecule has 1 saturated heterocycles. The molecule has 1 aliphatic heterocycles. The summed E-state index contributed by atoms with van der Waals surface area (Å²) in [6, 6.07) is 8.46. The van der Waals surface area contributed by atoms with E-state index in [1.165, 1.54) is 18.4 Å². The second kappa shape index (κ2) is 6.28. The van der Waals surface area contributed by atoms with E-state index in [1.54, 1.807) is 0 Å². The second-order valence-corrected chi connectivity index (χ2v) is 7.21. The first kappa shape index (κ1) is 15.5. The van der Waals surface area contributed by atoms with Gasteiger partial charge in [0.2, 0.25) is 0 Å². The summed E-state index contributed by atoms with van der Waals surface area (Å²) in [7, 11) is 0. The number of rotatable bonds is 4. The minimum Gasteiger partial charge on any atom is -0.387 e. The lowest BCUT2D eigenvalue weighted by molar-refractivity contribution is 0.124. The Labute approximate surface area is 123 Å². The Balaban J connectivity index is 1.94. The summed E-state index contributed by atoms with van der Waals surface area (Å²) in [6.45, 7) is 12.0. The smallest absolute Gasteiger partial charge is 0.0916 e. The molecule has 2 unspecified atom stereocenters. The molecule has 0 amide bonds. The van der Waals surface area contributed by atoms with E-state index in [1.807, 2.05) is 0 Å². The normalized spacial score (nSPS) is 22.1. The van der Waals surface area contributed by atoms with Gasteiger partial charge in [0.25, 0.3) is 0 Å². The third kappa shape index (κ3) is 3.83. The molecule has 0 bridgehead atoms. The van der Waals surface area contributed by atoms with Gasteiger partial charge in [-0.05, 0) is 35.4 Å². The van der Waals surface area contributed by atoms with Gasteiger partial charge < -0.3 is 10.0 Å². The van der Waals surface area contributed by atoms with Crippen LogP contribution in [0, 0.1) is 5.92 Å². The zero-order valence-electron chi connectivity index (χ0n) is 13.4. The first-order valence-electron chi connectivity index (χ1n) is 7.91. The summed E-state index contributed by atoms with van der Waals surface area (Å²) >= 11 is 0. The molecule has 1 fully saturated rings. The lowest BCUT2D eigenvalue weighted by atomic mass is 9.86. The molecule has 2 nitrogen and oxygen atoms in total. The van der Waals surface area contributed by atoms with E-state index >= 15 is 0 Å². The fraction of sp³-hybridized carbons (Fsp3) is 0.667. The average molecular weight is 275 g/mol. The van der Waals surface area contributed by atoms with Crippen LogP contribution in [-0.2, 0) is 5.41 Å². The van der Waals surface area contributed by atoms with Gasteiger partial charge in [0.1, 0.15) is 0 Å². The number of likely N-dealkylation sites (tertiary alicyclic amines) is 1. The van der Waals surface area contributed by atoms with Crippen molar-refractivity contribution in [3.05, 3.63) is 35.4 Å². The van der Waals surface area contributed by atoms with Crippen molar-refractivity contribution >= 4 is 0 Å². The summed E-state index contributed by atoms with van der Waals surface area (Å²) in [5.41, 5.74) is 2.53. The van der Waals surface area contributed by atoms with Crippen molar-refractivity contribution in [2.75, 3.05) is 19.6 Å². The summed E-state index contributed by atoms with van der Waals surface area (Å²) in [4.78, 5) is 2.40. The minimum atomic E-state index is -0.361. The molecule has 2 atom stereocenters. The van der Waals surface area contributed by atoms with Crippen molar-refractivity contribution in [2.24, 2.45) is 5.92 Å². The quantitative estimate of drug-likeness (QED) is 0.904. The van der Waals surface area contributed by atoms with E-state index < -0.39 is 0 Å². The van der Waals surface area contributed by atoms with Crippen LogP contribution >= 0.6 is 0 Å². The Hall–Kier alpha value is -0.860. The van der Waals surface area contributed by atoms with Crippen molar-refractivity contribution in [1.82, 2.24) is 4.90 Å². The highest BCUT2D eigenvalue weighted by atomic mass is 16.3. The molecular formula is C18H29NO. The third-order valence-electron chi connectivity index (χ3n) is 4.54. The highest BCUT2D eigenvalue weighted by molar-refractivity contribution is 5.28. The van der Waals surface area contributed by atoms with Gasteiger partial charge in [0.05, 0.1) is 6.10 Å². The second-order valence-electron chi connectivity index (χ2n) is 7.21. The monoisotopic (exact) mass is 275 g/mol. The van der Waals surface area contributed by atoms with E-state index in [9.17, 15) is 5.11 Å². The van der Waals surface area contributed by atoms with Gasteiger partial charge in [-0.3, -0.25) is 0 Å². The van der Waals surface area contributed by atoms with Crippen LogP contribution < -0.4 is 0 Å². The van der Waals surface area contributed by atoms with Gasteiger partial charge >= 0.3 is 0 Å². The molecule has 0 aromatic heterocycles. The fourth-order valence-electron chi connectivity index (χ4n) is 2.97. The zero-order chi connectivity index (χ0) is 14.8. The number of β-amino-alcohol motifs (C(OH)–C–C–N with tert-alkyl or cyclic N) is 1. The van der Waals surface area contributed by atoms with Crippen LogP contribution in [0.5, 0.6) is 0 Å². The van der Waals surface area contributed by atoms with Crippen LogP contribution in [0.25, 0.3) is 0 Å². The highest BCUT2D eigenvalue weighted by Crippen LogP contribution is 2.26. The van der Waals surface area contributed by atoms with E-state index in [0.29, 0.717) is 0 Å². The molecule has 0 saturated carbocycles. The molecule has 1 heterocycles. The molecule has 112 valence electrons. The van der Waals surface area contributed by atoms with Crippen molar-refractivity contribution in [1.29, 1.82) is 0 Å². The number of aliphatic hydroxyl groups excluding tert-OH is 1. The summed E-state index contributed by atoms with van der Waals surface area (Å²) < 4.78 is 0. The van der Waals surface area contributed by atoms with Crippen LogP contribution in [0.2, 0.25) is 0 Å². The molecule has 1 aromatic carbocycles. The lowest BCUT2D eigenvalue weighted by Gasteiger charge is -2.22. The maximum absolute atomic E-state index is 10.4. The lowest BCUT2D eigenvalue weighted by Crippen LogP contribution is -2.26. The number of hydrogen-bond donors (Lipinski definition) is 1. The Morgan fingerprint density at radius 2 is 1.90 bits per heavy atom. The molecule has 1 aliphatic rings. The van der Waals surface area contributed by atoms with Gasteiger partial charge in [-0.2, -0.15) is 0 Å². The van der Waals surface area contributed by atoms with E-state index in [4.69, 9.17) is 0 Å². The Morgan fingerprint density at radius 3 is 2.40 bits per heavy atom. The molecule has 20 heavy (non-hydrogen) atoms. The number of hydrogen-bond acceptors (Lipinski definition) is 2. The standard InChI is InChI=1S/C18H29NO/c1-5-14-10-11-19(12-14)13-17(20)15-6-8-16(9-7-15)18(2,3)4/h6-9,14,17,20H,5,10-13H2,1-4H3. The summed E-state index contributed by atoms with van der Waals surface area (Å²) in [6.07, 6.45) is 2.18. The molecule has 0 radical (unpaired) electrons. The average Bonchev–Trinajstić information content (AvgIpc) is 2.85. The van der Waals surface area contributed by atoms with Crippen LogP contribution in [0.15, 0.2) is 24.3 Å². The molecule has 1 N–H and O–H groups in total. The van der Waals surface area contributed by atoms with E-state index in [0.717, 1.165) is 31.1 Å². The molecule has 1 aromatic rings. The Bertz CT molecular complexity index is 418. The van der Waals surface area contributed by atoms with Crippen LogP contribution in [0.4, 0.5) is 0 Å². The number of aliphatic hydroxyl groups is 1. The first-order chi connectivity index (χ1) is 9.40. The molecule has 0 spiro atoms. The largest absolute Gasteiger partial charge is 0.387 e. The van der Waals surface area contributed by atoms with Gasteiger partial charge in [0.15, 0.2) is 0 Å².